The van der Waals surface area contributed by atoms with Crippen LogP contribution in [0.3, 0.4) is 0 Å². The molecule has 0 bridgehead atoms. The van der Waals surface area contributed by atoms with E-state index in [2.05, 4.69) is 10.3 Å². The molecule has 6 heteroatoms. The number of halogens is 1. The van der Waals surface area contributed by atoms with Crippen LogP contribution in [0.5, 0.6) is 5.75 Å². The number of anilines is 1. The number of fused-ring (bicyclic) bond motifs is 2. The molecule has 1 heterocycles. The van der Waals surface area contributed by atoms with Crippen molar-refractivity contribution in [2.24, 2.45) is 0 Å². The second-order valence-electron chi connectivity index (χ2n) is 7.92. The summed E-state index contributed by atoms with van der Waals surface area (Å²) < 4.78 is 11.6. The van der Waals surface area contributed by atoms with Crippen LogP contribution in [0, 0.1) is 13.8 Å². The summed E-state index contributed by atoms with van der Waals surface area (Å²) in [5.41, 5.74) is 5.06. The molecule has 1 amide bonds. The molecule has 4 aromatic carbocycles. The molecule has 33 heavy (non-hydrogen) atoms. The molecular formula is C27H21ClN2O3. The number of nitrogens with one attached hydrogen (secondary N) is 1. The van der Waals surface area contributed by atoms with E-state index in [0.717, 1.165) is 21.9 Å². The van der Waals surface area contributed by atoms with Gasteiger partial charge in [0.2, 0.25) is 5.89 Å². The first-order chi connectivity index (χ1) is 16.0. The highest BCUT2D eigenvalue weighted by Gasteiger charge is 2.13. The van der Waals surface area contributed by atoms with E-state index in [4.69, 9.17) is 20.8 Å². The third kappa shape index (κ3) is 4.28. The van der Waals surface area contributed by atoms with Gasteiger partial charge in [0.05, 0.1) is 0 Å². The van der Waals surface area contributed by atoms with Gasteiger partial charge < -0.3 is 14.5 Å². The summed E-state index contributed by atoms with van der Waals surface area (Å²) in [6, 6.07) is 22.7. The average Bonchev–Trinajstić information content (AvgIpc) is 3.23. The smallest absolute Gasteiger partial charge is 0.262 e. The van der Waals surface area contributed by atoms with E-state index in [0.29, 0.717) is 33.4 Å². The van der Waals surface area contributed by atoms with Gasteiger partial charge in [0, 0.05) is 21.7 Å². The van der Waals surface area contributed by atoms with Crippen LogP contribution in [0.2, 0.25) is 5.02 Å². The van der Waals surface area contributed by atoms with Gasteiger partial charge in [-0.3, -0.25) is 4.79 Å². The molecule has 0 aliphatic rings. The summed E-state index contributed by atoms with van der Waals surface area (Å²) >= 11 is 6.34. The molecule has 0 fully saturated rings. The van der Waals surface area contributed by atoms with E-state index in [1.54, 1.807) is 18.2 Å². The van der Waals surface area contributed by atoms with Gasteiger partial charge in [0.15, 0.2) is 12.2 Å². The predicted molar refractivity (Wildman–Crippen MR) is 132 cm³/mol. The fraction of sp³-hybridized carbons (Fsp3) is 0.111. The third-order valence-corrected chi connectivity index (χ3v) is 5.95. The van der Waals surface area contributed by atoms with Gasteiger partial charge in [-0.15, -0.1) is 0 Å². The Hall–Kier alpha value is -3.83. The van der Waals surface area contributed by atoms with Crippen molar-refractivity contribution in [1.82, 2.24) is 4.98 Å². The molecule has 0 aliphatic heterocycles. The fourth-order valence-electron chi connectivity index (χ4n) is 3.73. The lowest BCUT2D eigenvalue weighted by Gasteiger charge is -2.09. The number of aryl methyl sites for hydroxylation is 2. The number of oxazole rings is 1. The fourth-order valence-corrected chi connectivity index (χ4v) is 3.97. The van der Waals surface area contributed by atoms with Crippen LogP contribution >= 0.6 is 11.6 Å². The zero-order valence-electron chi connectivity index (χ0n) is 18.2. The van der Waals surface area contributed by atoms with Crippen molar-refractivity contribution in [3.8, 4) is 17.2 Å². The summed E-state index contributed by atoms with van der Waals surface area (Å²) in [7, 11) is 0. The molecule has 0 atom stereocenters. The number of benzene rings is 4. The first-order valence-corrected chi connectivity index (χ1v) is 10.9. The van der Waals surface area contributed by atoms with Crippen LogP contribution in [0.25, 0.3) is 33.3 Å². The quantitative estimate of drug-likeness (QED) is 0.311. The number of ether oxygens (including phenoxy) is 1. The lowest BCUT2D eigenvalue weighted by molar-refractivity contribution is -0.118. The number of aromatic nitrogens is 1. The minimum absolute atomic E-state index is 0.0820. The average molecular weight is 457 g/mol. The van der Waals surface area contributed by atoms with Crippen molar-refractivity contribution in [1.29, 1.82) is 0 Å². The zero-order valence-corrected chi connectivity index (χ0v) is 18.9. The lowest BCUT2D eigenvalue weighted by atomic mass is 10.0. The summed E-state index contributed by atoms with van der Waals surface area (Å²) in [4.78, 5) is 17.0. The third-order valence-electron chi connectivity index (χ3n) is 5.62. The van der Waals surface area contributed by atoms with Gasteiger partial charge in [-0.2, -0.15) is 0 Å². The summed E-state index contributed by atoms with van der Waals surface area (Å²) in [6.45, 7) is 3.96. The van der Waals surface area contributed by atoms with E-state index < -0.39 is 0 Å². The Kier molecular flexibility index (Phi) is 5.48. The van der Waals surface area contributed by atoms with E-state index in [1.165, 1.54) is 5.56 Å². The highest BCUT2D eigenvalue weighted by atomic mass is 35.5. The lowest BCUT2D eigenvalue weighted by Crippen LogP contribution is -2.20. The molecule has 0 saturated heterocycles. The first kappa shape index (κ1) is 21.0. The second-order valence-corrected chi connectivity index (χ2v) is 8.33. The molecule has 164 valence electrons. The molecule has 5 aromatic rings. The van der Waals surface area contributed by atoms with Gasteiger partial charge in [0.1, 0.15) is 11.3 Å². The maximum absolute atomic E-state index is 12.4. The minimum atomic E-state index is -0.250. The highest BCUT2D eigenvalue weighted by molar-refractivity contribution is 6.35. The summed E-state index contributed by atoms with van der Waals surface area (Å²) in [6.07, 6.45) is 0. The molecule has 0 radical (unpaired) electrons. The monoisotopic (exact) mass is 456 g/mol. The molecule has 1 aromatic heterocycles. The van der Waals surface area contributed by atoms with Crippen molar-refractivity contribution in [3.63, 3.8) is 0 Å². The standard InChI is InChI=1S/C27H21ClN2O3/c1-16-9-11-19(13-17(16)2)32-15-26(31)29-18-10-12-25-24(14-18)30-27(33-25)22-7-3-6-21-20(22)5-4-8-23(21)28/h3-14H,15H2,1-2H3,(H,29,31). The number of carbonyl (C=O) groups excluding carboxylic acids is 1. The maximum atomic E-state index is 12.4. The highest BCUT2D eigenvalue weighted by Crippen LogP contribution is 2.34. The number of hydrogen-bond donors (Lipinski definition) is 1. The SMILES string of the molecule is Cc1ccc(OCC(=O)Nc2ccc3oc(-c4cccc5c(Cl)cccc45)nc3c2)cc1C. The van der Waals surface area contributed by atoms with Gasteiger partial charge in [0.25, 0.3) is 5.91 Å². The minimum Gasteiger partial charge on any atom is -0.484 e. The number of amides is 1. The van der Waals surface area contributed by atoms with Crippen molar-refractivity contribution >= 4 is 45.1 Å². The van der Waals surface area contributed by atoms with Crippen molar-refractivity contribution in [2.75, 3.05) is 11.9 Å². The van der Waals surface area contributed by atoms with Gasteiger partial charge >= 0.3 is 0 Å². The Balaban J connectivity index is 1.35. The molecule has 0 spiro atoms. The molecule has 5 rings (SSSR count). The van der Waals surface area contributed by atoms with Crippen LogP contribution in [-0.2, 0) is 4.79 Å². The van der Waals surface area contributed by atoms with Crippen molar-refractivity contribution in [2.45, 2.75) is 13.8 Å². The first-order valence-electron chi connectivity index (χ1n) is 10.6. The topological polar surface area (TPSA) is 64.4 Å². The van der Waals surface area contributed by atoms with Gasteiger partial charge in [-0.1, -0.05) is 41.9 Å². The zero-order chi connectivity index (χ0) is 22.9. The Morgan fingerprint density at radius 1 is 0.970 bits per heavy atom. The molecule has 5 nitrogen and oxygen atoms in total. The van der Waals surface area contributed by atoms with Crippen LogP contribution in [0.15, 0.2) is 77.2 Å². The van der Waals surface area contributed by atoms with E-state index >= 15 is 0 Å². The summed E-state index contributed by atoms with van der Waals surface area (Å²) in [5, 5.41) is 5.44. The predicted octanol–water partition coefficient (Wildman–Crippen LogP) is 6.94. The Morgan fingerprint density at radius 3 is 2.64 bits per heavy atom. The van der Waals surface area contributed by atoms with E-state index in [9.17, 15) is 4.79 Å². The number of nitrogens with zero attached hydrogens (tertiary/aromatic N) is 1. The Labute approximate surface area is 196 Å². The van der Waals surface area contributed by atoms with E-state index in [-0.39, 0.29) is 12.5 Å². The molecule has 0 saturated carbocycles. The molecule has 0 unspecified atom stereocenters. The molecule has 0 aliphatic carbocycles. The van der Waals surface area contributed by atoms with Crippen LogP contribution in [-0.4, -0.2) is 17.5 Å². The second kappa shape index (κ2) is 8.60. The number of carbonyl (C=O) groups is 1. The molecular weight excluding hydrogens is 436 g/mol. The van der Waals surface area contributed by atoms with E-state index in [1.807, 2.05) is 68.4 Å². The molecule has 1 N–H and O–H groups in total. The number of hydrogen-bond acceptors (Lipinski definition) is 4. The largest absolute Gasteiger partial charge is 0.484 e. The Bertz CT molecular complexity index is 1510. The van der Waals surface area contributed by atoms with Crippen LogP contribution < -0.4 is 10.1 Å². The maximum Gasteiger partial charge on any atom is 0.262 e. The van der Waals surface area contributed by atoms with Crippen LogP contribution in [0.4, 0.5) is 5.69 Å². The van der Waals surface area contributed by atoms with Crippen molar-refractivity contribution < 1.29 is 13.9 Å². The van der Waals surface area contributed by atoms with Crippen molar-refractivity contribution in [3.05, 3.63) is 88.9 Å². The van der Waals surface area contributed by atoms with Crippen LogP contribution in [0.1, 0.15) is 11.1 Å². The summed E-state index contributed by atoms with van der Waals surface area (Å²) in [5.74, 6) is 0.916. The van der Waals surface area contributed by atoms with Gasteiger partial charge in [-0.25, -0.2) is 4.98 Å². The normalized spacial score (nSPS) is 11.1. The van der Waals surface area contributed by atoms with Gasteiger partial charge in [-0.05, 0) is 72.8 Å². The number of rotatable bonds is 5. The Morgan fingerprint density at radius 2 is 1.79 bits per heavy atom.